The number of imide groups is 2. The molecule has 8 atom stereocenters. The van der Waals surface area contributed by atoms with Crippen molar-refractivity contribution < 1.29 is 34.4 Å². The van der Waals surface area contributed by atoms with Crippen molar-refractivity contribution in [2.75, 3.05) is 20.1 Å². The number of likely N-dealkylation sites (tertiary alicyclic amines) is 2. The molecule has 4 saturated heterocycles. The van der Waals surface area contributed by atoms with Crippen LogP contribution in [0, 0.1) is 23.7 Å². The Morgan fingerprint density at radius 3 is 1.63 bits per heavy atom. The molecule has 0 radical (unpaired) electrons. The molecule has 0 saturated carbocycles. The average Bonchev–Trinajstić information content (AvgIpc) is 3.42. The zero-order chi connectivity index (χ0) is 21.7. The van der Waals surface area contributed by atoms with E-state index in [2.05, 4.69) is 18.9 Å². The Morgan fingerprint density at radius 1 is 0.800 bits per heavy atom. The summed E-state index contributed by atoms with van der Waals surface area (Å²) < 4.78 is 11.8. The van der Waals surface area contributed by atoms with Crippen LogP contribution in [0.15, 0.2) is 37.5 Å². The molecule has 0 spiro atoms. The van der Waals surface area contributed by atoms with Crippen molar-refractivity contribution in [3.8, 4) is 0 Å². The fourth-order valence-corrected chi connectivity index (χ4v) is 5.05. The fourth-order valence-electron chi connectivity index (χ4n) is 5.05. The van der Waals surface area contributed by atoms with Crippen molar-refractivity contribution in [2.45, 2.75) is 24.4 Å². The van der Waals surface area contributed by atoms with Crippen LogP contribution in [0.5, 0.6) is 0 Å². The summed E-state index contributed by atoms with van der Waals surface area (Å²) in [5.41, 5.74) is 3.72. The van der Waals surface area contributed by atoms with Crippen LogP contribution in [-0.2, 0) is 28.7 Å². The second-order valence-corrected chi connectivity index (χ2v) is 8.01. The van der Waals surface area contributed by atoms with Gasteiger partial charge < -0.3 is 15.2 Å². The Hall–Kier alpha value is -2.62. The van der Waals surface area contributed by atoms with Gasteiger partial charge in [-0.05, 0) is 0 Å². The Labute approximate surface area is 174 Å². The van der Waals surface area contributed by atoms with Crippen LogP contribution in [0.2, 0.25) is 0 Å². The van der Waals surface area contributed by atoms with Gasteiger partial charge in [0.05, 0.1) is 61.2 Å². The summed E-state index contributed by atoms with van der Waals surface area (Å²) in [5.74, 6) is -3.64. The van der Waals surface area contributed by atoms with Crippen molar-refractivity contribution in [2.24, 2.45) is 23.7 Å². The SMILES string of the molecule is C=C[C@@H]1O[C@H](/C=C\C2O[C@H](C=C)[C@H]3C(=O)N(C)C(=O)[C@@H]23)[C@H]2C(=O)N(CC[NH3+])C(=O)[C@H]21. The minimum Gasteiger partial charge on any atom is -0.365 e. The van der Waals surface area contributed by atoms with E-state index in [1.807, 2.05) is 0 Å². The van der Waals surface area contributed by atoms with Gasteiger partial charge in [-0.3, -0.25) is 29.0 Å². The first-order chi connectivity index (χ1) is 14.3. The molecule has 4 aliphatic heterocycles. The van der Waals surface area contributed by atoms with E-state index in [1.54, 1.807) is 12.2 Å². The molecule has 0 aromatic heterocycles. The number of nitrogens with zero attached hydrogens (tertiary/aromatic N) is 2. The fraction of sp³-hybridized carbons (Fsp3) is 0.524. The van der Waals surface area contributed by atoms with Gasteiger partial charge in [0, 0.05) is 7.05 Å². The monoisotopic (exact) mass is 416 g/mol. The van der Waals surface area contributed by atoms with Gasteiger partial charge in [-0.15, -0.1) is 13.2 Å². The van der Waals surface area contributed by atoms with Gasteiger partial charge >= 0.3 is 0 Å². The maximum atomic E-state index is 12.9. The van der Waals surface area contributed by atoms with Gasteiger partial charge in [0.25, 0.3) is 0 Å². The number of ether oxygens (including phenoxy) is 2. The van der Waals surface area contributed by atoms with Crippen LogP contribution in [0.4, 0.5) is 0 Å². The Morgan fingerprint density at radius 2 is 1.20 bits per heavy atom. The molecule has 9 heteroatoms. The lowest BCUT2D eigenvalue weighted by Gasteiger charge is -2.19. The summed E-state index contributed by atoms with van der Waals surface area (Å²) in [7, 11) is 1.46. The molecule has 4 fully saturated rings. The van der Waals surface area contributed by atoms with Gasteiger partial charge in [0.2, 0.25) is 23.6 Å². The normalized spacial score (nSPS) is 40.6. The zero-order valence-corrected chi connectivity index (χ0v) is 16.8. The van der Waals surface area contributed by atoms with Crippen molar-refractivity contribution >= 4 is 23.6 Å². The predicted molar refractivity (Wildman–Crippen MR) is 103 cm³/mol. The summed E-state index contributed by atoms with van der Waals surface area (Å²) in [6.45, 7) is 8.14. The van der Waals surface area contributed by atoms with Gasteiger partial charge in [0.15, 0.2) is 0 Å². The quantitative estimate of drug-likeness (QED) is 0.417. The van der Waals surface area contributed by atoms with E-state index in [1.165, 1.54) is 24.1 Å². The van der Waals surface area contributed by atoms with Crippen LogP contribution in [0.3, 0.4) is 0 Å². The van der Waals surface area contributed by atoms with Crippen LogP contribution in [0.25, 0.3) is 0 Å². The van der Waals surface area contributed by atoms with E-state index >= 15 is 0 Å². The molecule has 0 aliphatic carbocycles. The number of hydrogen-bond acceptors (Lipinski definition) is 6. The third kappa shape index (κ3) is 2.80. The van der Waals surface area contributed by atoms with E-state index in [-0.39, 0.29) is 30.2 Å². The van der Waals surface area contributed by atoms with Crippen LogP contribution >= 0.6 is 0 Å². The number of quaternary nitrogens is 1. The summed E-state index contributed by atoms with van der Waals surface area (Å²) in [5, 5.41) is 0. The maximum absolute atomic E-state index is 12.9. The number of amides is 4. The highest BCUT2D eigenvalue weighted by Crippen LogP contribution is 2.43. The molecule has 160 valence electrons. The molecule has 4 amide bonds. The molecule has 0 aromatic rings. The van der Waals surface area contributed by atoms with Crippen LogP contribution < -0.4 is 5.73 Å². The summed E-state index contributed by atoms with van der Waals surface area (Å²) in [6.07, 6.45) is 3.97. The second-order valence-electron chi connectivity index (χ2n) is 8.01. The van der Waals surface area contributed by atoms with Crippen molar-refractivity contribution in [3.05, 3.63) is 37.5 Å². The third-order valence-electron chi connectivity index (χ3n) is 6.49. The number of carbonyl (C=O) groups excluding carboxylic acids is 4. The van der Waals surface area contributed by atoms with E-state index < -0.39 is 48.1 Å². The number of hydrogen-bond donors (Lipinski definition) is 1. The molecule has 0 aromatic carbocycles. The molecular formula is C21H26N3O6+. The lowest BCUT2D eigenvalue weighted by molar-refractivity contribution is -0.367. The van der Waals surface area contributed by atoms with Gasteiger partial charge in [-0.1, -0.05) is 24.3 Å². The summed E-state index contributed by atoms with van der Waals surface area (Å²) in [4.78, 5) is 52.9. The lowest BCUT2D eigenvalue weighted by atomic mass is 9.87. The Bertz CT molecular complexity index is 854. The van der Waals surface area contributed by atoms with E-state index in [4.69, 9.17) is 9.47 Å². The first-order valence-electron chi connectivity index (χ1n) is 10.1. The Kier molecular flexibility index (Phi) is 5.21. The smallest absolute Gasteiger partial charge is 0.236 e. The molecule has 4 heterocycles. The highest BCUT2D eigenvalue weighted by Gasteiger charge is 2.60. The van der Waals surface area contributed by atoms with E-state index in [0.29, 0.717) is 6.54 Å². The molecular weight excluding hydrogens is 390 g/mol. The lowest BCUT2D eigenvalue weighted by Crippen LogP contribution is -2.56. The van der Waals surface area contributed by atoms with Crippen LogP contribution in [-0.4, -0.2) is 78.0 Å². The van der Waals surface area contributed by atoms with Crippen molar-refractivity contribution in [3.63, 3.8) is 0 Å². The zero-order valence-electron chi connectivity index (χ0n) is 16.8. The topological polar surface area (TPSA) is 121 Å². The summed E-state index contributed by atoms with van der Waals surface area (Å²) in [6, 6.07) is 0. The highest BCUT2D eigenvalue weighted by atomic mass is 16.5. The van der Waals surface area contributed by atoms with Gasteiger partial charge in [-0.25, -0.2) is 0 Å². The minimum atomic E-state index is -0.654. The van der Waals surface area contributed by atoms with Crippen LogP contribution in [0.1, 0.15) is 0 Å². The van der Waals surface area contributed by atoms with Crippen molar-refractivity contribution in [1.29, 1.82) is 0 Å². The highest BCUT2D eigenvalue weighted by molar-refractivity contribution is 6.07. The second kappa shape index (κ2) is 7.57. The minimum absolute atomic E-state index is 0.267. The molecule has 4 aliphatic rings. The standard InChI is InChI=1S/C21H25N3O6/c1-4-10-14-16(19(26)23(3)18(14)25)12(29-10)6-7-13-17-15(11(5-2)30-13)20(27)24(9-8-22)21(17)28/h4-7,10-17H,1-2,8-9,22H2,3H3/p+1/b7-6-/t10-,11+,12?,13-,14-,15+,16+,17-/m1/s1. The summed E-state index contributed by atoms with van der Waals surface area (Å²) >= 11 is 0. The van der Waals surface area contributed by atoms with Crippen molar-refractivity contribution in [1.82, 2.24) is 9.80 Å². The number of carbonyl (C=O) groups is 4. The van der Waals surface area contributed by atoms with E-state index in [0.717, 1.165) is 4.90 Å². The molecule has 1 unspecified atom stereocenters. The number of fused-ring (bicyclic) bond motifs is 2. The largest absolute Gasteiger partial charge is 0.365 e. The molecule has 9 nitrogen and oxygen atoms in total. The predicted octanol–water partition coefficient (Wildman–Crippen LogP) is -1.48. The van der Waals surface area contributed by atoms with E-state index in [9.17, 15) is 19.2 Å². The average molecular weight is 416 g/mol. The number of rotatable bonds is 6. The first kappa shape index (κ1) is 20.6. The first-order valence-corrected chi connectivity index (χ1v) is 10.1. The third-order valence-corrected chi connectivity index (χ3v) is 6.49. The van der Waals surface area contributed by atoms with Gasteiger partial charge in [0.1, 0.15) is 0 Å². The molecule has 3 N–H and O–H groups in total. The maximum Gasteiger partial charge on any atom is 0.236 e. The molecule has 30 heavy (non-hydrogen) atoms. The van der Waals surface area contributed by atoms with Gasteiger partial charge in [-0.2, -0.15) is 0 Å². The molecule has 4 rings (SSSR count). The molecule has 0 bridgehead atoms. The Balaban J connectivity index is 1.58.